The number of benzene rings is 2. The zero-order chi connectivity index (χ0) is 13.7. The van der Waals surface area contributed by atoms with E-state index in [2.05, 4.69) is 11.4 Å². The van der Waals surface area contributed by atoms with Gasteiger partial charge in [-0.3, -0.25) is 0 Å². The van der Waals surface area contributed by atoms with Crippen LogP contribution < -0.4 is 10.1 Å². The highest BCUT2D eigenvalue weighted by molar-refractivity contribution is 5.50. The molecular weight excluding hydrogens is 236 g/mol. The van der Waals surface area contributed by atoms with E-state index in [1.165, 1.54) is 0 Å². The van der Waals surface area contributed by atoms with Gasteiger partial charge in [-0.25, -0.2) is 0 Å². The van der Waals surface area contributed by atoms with E-state index in [1.54, 1.807) is 6.07 Å². The summed E-state index contributed by atoms with van der Waals surface area (Å²) < 4.78 is 5.95. The number of nitriles is 1. The fourth-order valence-electron chi connectivity index (χ4n) is 1.93. The lowest BCUT2D eigenvalue weighted by Crippen LogP contribution is -2.06. The van der Waals surface area contributed by atoms with E-state index in [9.17, 15) is 0 Å². The van der Waals surface area contributed by atoms with E-state index in [0.717, 1.165) is 23.4 Å². The lowest BCUT2D eigenvalue weighted by molar-refractivity contribution is 0.469. The second-order valence-corrected chi connectivity index (χ2v) is 4.30. The molecule has 3 heteroatoms. The molecule has 0 saturated heterocycles. The minimum atomic E-state index is 0.555. The zero-order valence-electron chi connectivity index (χ0n) is 11.1. The van der Waals surface area contributed by atoms with Gasteiger partial charge in [0.2, 0.25) is 0 Å². The Bertz CT molecular complexity index is 614. The van der Waals surface area contributed by atoms with Crippen molar-refractivity contribution >= 4 is 0 Å². The van der Waals surface area contributed by atoms with Gasteiger partial charge in [0.15, 0.2) is 0 Å². The minimum absolute atomic E-state index is 0.555. The smallest absolute Gasteiger partial charge is 0.148 e. The van der Waals surface area contributed by atoms with Crippen LogP contribution in [0, 0.1) is 18.3 Å². The molecule has 0 aliphatic heterocycles. The van der Waals surface area contributed by atoms with E-state index in [-0.39, 0.29) is 0 Å². The third-order valence-electron chi connectivity index (χ3n) is 2.88. The van der Waals surface area contributed by atoms with Crippen molar-refractivity contribution in [2.75, 3.05) is 7.05 Å². The van der Waals surface area contributed by atoms with Crippen LogP contribution in [-0.4, -0.2) is 7.05 Å². The van der Waals surface area contributed by atoms with Crippen molar-refractivity contribution in [1.82, 2.24) is 5.32 Å². The molecule has 19 heavy (non-hydrogen) atoms. The van der Waals surface area contributed by atoms with Crippen molar-refractivity contribution in [2.24, 2.45) is 0 Å². The standard InChI is InChI=1S/C16H16N2O/c1-12-6-5-8-13(10-17)16(12)19-15-9-4-3-7-14(15)11-18-2/h3-9,18H,11H2,1-2H3. The molecule has 0 fully saturated rings. The molecule has 0 aliphatic rings. The van der Waals surface area contributed by atoms with Crippen LogP contribution in [0.15, 0.2) is 42.5 Å². The van der Waals surface area contributed by atoms with Crippen LogP contribution in [0.4, 0.5) is 0 Å². The Morgan fingerprint density at radius 1 is 1.16 bits per heavy atom. The maximum atomic E-state index is 9.15. The van der Waals surface area contributed by atoms with Crippen LogP contribution in [0.3, 0.4) is 0 Å². The number of para-hydroxylation sites is 2. The summed E-state index contributed by atoms with van der Waals surface area (Å²) in [7, 11) is 1.89. The van der Waals surface area contributed by atoms with Gasteiger partial charge < -0.3 is 10.1 Å². The topological polar surface area (TPSA) is 45.0 Å². The van der Waals surface area contributed by atoms with Gasteiger partial charge in [-0.15, -0.1) is 0 Å². The van der Waals surface area contributed by atoms with Crippen molar-refractivity contribution in [3.8, 4) is 17.6 Å². The average Bonchev–Trinajstić information content (AvgIpc) is 2.43. The monoisotopic (exact) mass is 252 g/mol. The quantitative estimate of drug-likeness (QED) is 0.907. The summed E-state index contributed by atoms with van der Waals surface area (Å²) in [5.74, 6) is 1.41. The van der Waals surface area contributed by atoms with E-state index < -0.39 is 0 Å². The summed E-state index contributed by atoms with van der Waals surface area (Å²) in [4.78, 5) is 0. The highest BCUT2D eigenvalue weighted by atomic mass is 16.5. The lowest BCUT2D eigenvalue weighted by atomic mass is 10.1. The molecule has 96 valence electrons. The SMILES string of the molecule is CNCc1ccccc1Oc1c(C)cccc1C#N. The Balaban J connectivity index is 2.39. The molecule has 2 aromatic carbocycles. The number of rotatable bonds is 4. The maximum absolute atomic E-state index is 9.15. The van der Waals surface area contributed by atoms with Crippen LogP contribution in [-0.2, 0) is 6.54 Å². The largest absolute Gasteiger partial charge is 0.455 e. The lowest BCUT2D eigenvalue weighted by Gasteiger charge is -2.13. The molecule has 0 saturated carbocycles. The van der Waals surface area contributed by atoms with E-state index in [4.69, 9.17) is 10.00 Å². The molecule has 2 rings (SSSR count). The molecule has 2 aromatic rings. The summed E-state index contributed by atoms with van der Waals surface area (Å²) >= 11 is 0. The zero-order valence-corrected chi connectivity index (χ0v) is 11.1. The first-order valence-electron chi connectivity index (χ1n) is 6.16. The van der Waals surface area contributed by atoms with Crippen molar-refractivity contribution in [2.45, 2.75) is 13.5 Å². The molecular formula is C16H16N2O. The summed E-state index contributed by atoms with van der Waals surface area (Å²) in [5.41, 5.74) is 2.58. The predicted octanol–water partition coefficient (Wildman–Crippen LogP) is 3.38. The predicted molar refractivity (Wildman–Crippen MR) is 75.2 cm³/mol. The molecule has 0 bridgehead atoms. The summed E-state index contributed by atoms with van der Waals surface area (Å²) in [6.07, 6.45) is 0. The first-order chi connectivity index (χ1) is 9.26. The Labute approximate surface area is 113 Å². The number of aryl methyl sites for hydroxylation is 1. The Kier molecular flexibility index (Phi) is 4.17. The van der Waals surface area contributed by atoms with Crippen molar-refractivity contribution in [1.29, 1.82) is 5.26 Å². The second-order valence-electron chi connectivity index (χ2n) is 4.30. The van der Waals surface area contributed by atoms with Gasteiger partial charge >= 0.3 is 0 Å². The highest BCUT2D eigenvalue weighted by Gasteiger charge is 2.10. The van der Waals surface area contributed by atoms with Crippen LogP contribution in [0.25, 0.3) is 0 Å². The fraction of sp³-hybridized carbons (Fsp3) is 0.188. The summed E-state index contributed by atoms with van der Waals surface area (Å²) in [6, 6.07) is 15.6. The Morgan fingerprint density at radius 3 is 2.68 bits per heavy atom. The van der Waals surface area contributed by atoms with E-state index in [1.807, 2.05) is 50.4 Å². The molecule has 0 radical (unpaired) electrons. The summed E-state index contributed by atoms with van der Waals surface area (Å²) in [6.45, 7) is 2.67. The van der Waals surface area contributed by atoms with Gasteiger partial charge in [0.25, 0.3) is 0 Å². The Hall–Kier alpha value is -2.31. The molecule has 0 unspecified atom stereocenters. The van der Waals surface area contributed by atoms with Crippen LogP contribution in [0.1, 0.15) is 16.7 Å². The fourth-order valence-corrected chi connectivity index (χ4v) is 1.93. The minimum Gasteiger partial charge on any atom is -0.455 e. The number of nitrogens with one attached hydrogen (secondary N) is 1. The molecule has 0 amide bonds. The summed E-state index contributed by atoms with van der Waals surface area (Å²) in [5, 5.41) is 12.3. The van der Waals surface area contributed by atoms with Crippen LogP contribution in [0.2, 0.25) is 0 Å². The van der Waals surface area contributed by atoms with Crippen LogP contribution >= 0.6 is 0 Å². The molecule has 1 N–H and O–H groups in total. The Morgan fingerprint density at radius 2 is 1.95 bits per heavy atom. The molecule has 0 heterocycles. The molecule has 0 aliphatic carbocycles. The first kappa shape index (κ1) is 13.1. The van der Waals surface area contributed by atoms with Gasteiger partial charge in [-0.05, 0) is 31.7 Å². The molecule has 3 nitrogen and oxygen atoms in total. The number of nitrogens with zero attached hydrogens (tertiary/aromatic N) is 1. The van der Waals surface area contributed by atoms with E-state index >= 15 is 0 Å². The van der Waals surface area contributed by atoms with Gasteiger partial charge in [0.05, 0.1) is 5.56 Å². The number of hydrogen-bond donors (Lipinski definition) is 1. The van der Waals surface area contributed by atoms with Crippen LogP contribution in [0.5, 0.6) is 11.5 Å². The van der Waals surface area contributed by atoms with Gasteiger partial charge in [0.1, 0.15) is 17.6 Å². The first-order valence-corrected chi connectivity index (χ1v) is 6.16. The average molecular weight is 252 g/mol. The highest BCUT2D eigenvalue weighted by Crippen LogP contribution is 2.30. The maximum Gasteiger partial charge on any atom is 0.148 e. The second kappa shape index (κ2) is 6.03. The van der Waals surface area contributed by atoms with Gasteiger partial charge in [0, 0.05) is 12.1 Å². The van der Waals surface area contributed by atoms with Crippen molar-refractivity contribution in [3.63, 3.8) is 0 Å². The van der Waals surface area contributed by atoms with Gasteiger partial charge in [-0.1, -0.05) is 30.3 Å². The van der Waals surface area contributed by atoms with Gasteiger partial charge in [-0.2, -0.15) is 5.26 Å². The normalized spacial score (nSPS) is 9.95. The third-order valence-corrected chi connectivity index (χ3v) is 2.88. The van der Waals surface area contributed by atoms with Crippen molar-refractivity contribution < 1.29 is 4.74 Å². The molecule has 0 aromatic heterocycles. The number of hydrogen-bond acceptors (Lipinski definition) is 3. The number of ether oxygens (including phenoxy) is 1. The third kappa shape index (κ3) is 2.93. The van der Waals surface area contributed by atoms with Crippen molar-refractivity contribution in [3.05, 3.63) is 59.2 Å². The molecule has 0 spiro atoms. The molecule has 0 atom stereocenters. The van der Waals surface area contributed by atoms with E-state index in [0.29, 0.717) is 11.3 Å².